The highest BCUT2D eigenvalue weighted by Gasteiger charge is 2.13. The average molecular weight is 276 g/mol. The number of carbonyl (C=O) groups is 1. The molecule has 2 rings (SSSR count). The minimum atomic E-state index is -1.06. The van der Waals surface area contributed by atoms with E-state index in [-0.39, 0.29) is 0 Å². The number of aromatic nitrogens is 2. The third-order valence-corrected chi connectivity index (χ3v) is 4.71. The maximum Gasteiger partial charge on any atom is 0.170 e. The second-order valence-corrected chi connectivity index (χ2v) is 11.5. The largest absolute Gasteiger partial charge is 0.360 e. The molecule has 0 unspecified atom stereocenters. The Kier molecular flexibility index (Phi) is 4.16. The normalized spacial score (nSPS) is 11.9. The van der Waals surface area contributed by atoms with Gasteiger partial charge in [0.15, 0.2) is 6.29 Å². The molecular formula is C14H20N2O2Si. The van der Waals surface area contributed by atoms with Gasteiger partial charge in [-0.05, 0) is 12.1 Å². The van der Waals surface area contributed by atoms with Crippen LogP contribution in [0.4, 0.5) is 0 Å². The van der Waals surface area contributed by atoms with Crippen molar-refractivity contribution in [2.24, 2.45) is 0 Å². The molecule has 19 heavy (non-hydrogen) atoms. The predicted molar refractivity (Wildman–Crippen MR) is 79.2 cm³/mol. The lowest BCUT2D eigenvalue weighted by atomic mass is 10.2. The number of hydrogen-bond donors (Lipinski definition) is 0. The third kappa shape index (κ3) is 3.51. The van der Waals surface area contributed by atoms with Gasteiger partial charge in [0.1, 0.15) is 12.4 Å². The Hall–Kier alpha value is -1.46. The van der Waals surface area contributed by atoms with Crippen LogP contribution in [0.25, 0.3) is 10.9 Å². The molecule has 0 radical (unpaired) electrons. The van der Waals surface area contributed by atoms with Crippen LogP contribution in [0.1, 0.15) is 10.5 Å². The van der Waals surface area contributed by atoms with E-state index >= 15 is 0 Å². The van der Waals surface area contributed by atoms with Crippen molar-refractivity contribution in [3.05, 3.63) is 30.0 Å². The summed E-state index contributed by atoms with van der Waals surface area (Å²) in [5.41, 5.74) is 1.42. The van der Waals surface area contributed by atoms with E-state index in [1.807, 2.05) is 24.3 Å². The van der Waals surface area contributed by atoms with Gasteiger partial charge >= 0.3 is 0 Å². The highest BCUT2D eigenvalue weighted by Crippen LogP contribution is 2.17. The summed E-state index contributed by atoms with van der Waals surface area (Å²) in [5, 5.41) is 5.16. The zero-order valence-corrected chi connectivity index (χ0v) is 12.7. The van der Waals surface area contributed by atoms with Gasteiger partial charge in [-0.25, -0.2) is 4.68 Å². The van der Waals surface area contributed by atoms with Gasteiger partial charge in [-0.3, -0.25) is 4.79 Å². The Bertz CT molecular complexity index is 572. The van der Waals surface area contributed by atoms with Crippen LogP contribution in [0.2, 0.25) is 25.7 Å². The number of para-hydroxylation sites is 1. The lowest BCUT2D eigenvalue weighted by molar-refractivity contribution is 0.0812. The minimum absolute atomic E-state index is 0.402. The summed E-state index contributed by atoms with van der Waals surface area (Å²) < 4.78 is 7.43. The maximum atomic E-state index is 11.0. The SMILES string of the molecule is C[Si](C)(C)CCOCn1nc(C=O)c2ccccc21. The lowest BCUT2D eigenvalue weighted by Gasteiger charge is -2.15. The predicted octanol–water partition coefficient (Wildman–Crippen LogP) is 3.16. The topological polar surface area (TPSA) is 44.1 Å². The van der Waals surface area contributed by atoms with Gasteiger partial charge in [-0.1, -0.05) is 37.8 Å². The van der Waals surface area contributed by atoms with E-state index in [0.717, 1.165) is 29.8 Å². The van der Waals surface area contributed by atoms with Crippen LogP contribution in [0, 0.1) is 0 Å². The minimum Gasteiger partial charge on any atom is -0.360 e. The van der Waals surface area contributed by atoms with Crippen molar-refractivity contribution in [2.45, 2.75) is 32.4 Å². The second kappa shape index (κ2) is 5.67. The van der Waals surface area contributed by atoms with E-state index in [1.54, 1.807) is 4.68 Å². The van der Waals surface area contributed by atoms with Crippen molar-refractivity contribution in [2.75, 3.05) is 6.61 Å². The first kappa shape index (κ1) is 14.0. The fourth-order valence-corrected chi connectivity index (χ4v) is 2.62. The molecule has 0 saturated carbocycles. The van der Waals surface area contributed by atoms with Crippen LogP contribution < -0.4 is 0 Å². The molecule has 0 bridgehead atoms. The first-order valence-corrected chi connectivity index (χ1v) is 10.2. The number of ether oxygens (including phenoxy) is 1. The van der Waals surface area contributed by atoms with Gasteiger partial charge in [-0.2, -0.15) is 5.10 Å². The van der Waals surface area contributed by atoms with E-state index in [9.17, 15) is 4.79 Å². The van der Waals surface area contributed by atoms with Crippen LogP contribution in [-0.2, 0) is 11.5 Å². The third-order valence-electron chi connectivity index (χ3n) is 3.01. The highest BCUT2D eigenvalue weighted by molar-refractivity contribution is 6.76. The smallest absolute Gasteiger partial charge is 0.170 e. The summed E-state index contributed by atoms with van der Waals surface area (Å²) in [5.74, 6) is 0. The number of fused-ring (bicyclic) bond motifs is 1. The molecule has 1 heterocycles. The quantitative estimate of drug-likeness (QED) is 0.462. The molecule has 0 fully saturated rings. The monoisotopic (exact) mass is 276 g/mol. The van der Waals surface area contributed by atoms with Crippen molar-refractivity contribution in [3.8, 4) is 0 Å². The number of aldehydes is 1. The summed E-state index contributed by atoms with van der Waals surface area (Å²) in [6.07, 6.45) is 0.793. The van der Waals surface area contributed by atoms with Crippen LogP contribution in [0.5, 0.6) is 0 Å². The number of nitrogens with zero attached hydrogens (tertiary/aromatic N) is 2. The van der Waals surface area contributed by atoms with E-state index in [2.05, 4.69) is 24.7 Å². The van der Waals surface area contributed by atoms with Gasteiger partial charge in [-0.15, -0.1) is 0 Å². The molecule has 0 amide bonds. The van der Waals surface area contributed by atoms with Crippen molar-refractivity contribution in [1.82, 2.24) is 9.78 Å². The molecule has 0 aliphatic heterocycles. The van der Waals surface area contributed by atoms with Crippen LogP contribution in [0.15, 0.2) is 24.3 Å². The molecule has 1 aromatic carbocycles. The number of benzene rings is 1. The van der Waals surface area contributed by atoms with Crippen molar-refractivity contribution in [1.29, 1.82) is 0 Å². The molecule has 4 nitrogen and oxygen atoms in total. The average Bonchev–Trinajstić information content (AvgIpc) is 2.72. The van der Waals surface area contributed by atoms with Crippen molar-refractivity contribution < 1.29 is 9.53 Å². The van der Waals surface area contributed by atoms with Crippen LogP contribution in [-0.4, -0.2) is 30.7 Å². The molecule has 5 heteroatoms. The van der Waals surface area contributed by atoms with Gasteiger partial charge in [0, 0.05) is 20.1 Å². The summed E-state index contributed by atoms with van der Waals surface area (Å²) in [6, 6.07) is 8.85. The number of rotatable bonds is 6. The Morgan fingerprint density at radius 3 is 2.74 bits per heavy atom. The van der Waals surface area contributed by atoms with Crippen molar-refractivity contribution in [3.63, 3.8) is 0 Å². The zero-order chi connectivity index (χ0) is 13.9. The van der Waals surface area contributed by atoms with Gasteiger partial charge in [0.25, 0.3) is 0 Å². The van der Waals surface area contributed by atoms with E-state index < -0.39 is 8.07 Å². The first-order valence-electron chi connectivity index (χ1n) is 6.50. The summed E-state index contributed by atoms with van der Waals surface area (Å²) in [6.45, 7) is 8.12. The Morgan fingerprint density at radius 2 is 2.05 bits per heavy atom. The van der Waals surface area contributed by atoms with Crippen LogP contribution >= 0.6 is 0 Å². The maximum absolute atomic E-state index is 11.0. The second-order valence-electron chi connectivity index (χ2n) is 5.87. The van der Waals surface area contributed by atoms with E-state index in [4.69, 9.17) is 4.74 Å². The lowest BCUT2D eigenvalue weighted by Crippen LogP contribution is -2.22. The molecule has 0 aliphatic rings. The molecule has 2 aromatic rings. The zero-order valence-electron chi connectivity index (χ0n) is 11.7. The van der Waals surface area contributed by atoms with Gasteiger partial charge in [0.05, 0.1) is 5.52 Å². The summed E-state index contributed by atoms with van der Waals surface area (Å²) >= 11 is 0. The fourth-order valence-electron chi connectivity index (χ4n) is 1.87. The Morgan fingerprint density at radius 1 is 1.32 bits per heavy atom. The molecule has 102 valence electrons. The molecule has 0 N–H and O–H groups in total. The molecule has 1 aromatic heterocycles. The highest BCUT2D eigenvalue weighted by atomic mass is 28.3. The Labute approximate surface area is 114 Å². The Balaban J connectivity index is 2.07. The summed E-state index contributed by atoms with van der Waals surface area (Å²) in [4.78, 5) is 11.0. The molecular weight excluding hydrogens is 256 g/mol. The van der Waals surface area contributed by atoms with E-state index in [1.165, 1.54) is 0 Å². The summed E-state index contributed by atoms with van der Waals surface area (Å²) in [7, 11) is -1.06. The standard InChI is InChI=1S/C14H20N2O2Si/c1-19(2,3)9-8-18-11-16-14-7-5-4-6-12(14)13(10-17)15-16/h4-7,10H,8-9,11H2,1-3H3. The molecule has 0 saturated heterocycles. The molecule has 0 atom stereocenters. The number of carbonyl (C=O) groups excluding carboxylic acids is 1. The molecule has 0 aliphatic carbocycles. The first-order chi connectivity index (χ1) is 9.01. The van der Waals surface area contributed by atoms with Crippen LogP contribution in [0.3, 0.4) is 0 Å². The van der Waals surface area contributed by atoms with E-state index in [0.29, 0.717) is 12.4 Å². The molecule has 0 spiro atoms. The van der Waals surface area contributed by atoms with Crippen molar-refractivity contribution >= 4 is 25.3 Å². The van der Waals surface area contributed by atoms with Gasteiger partial charge in [0.2, 0.25) is 0 Å². The number of hydrogen-bond acceptors (Lipinski definition) is 3. The fraction of sp³-hybridized carbons (Fsp3) is 0.429. The van der Waals surface area contributed by atoms with Gasteiger partial charge < -0.3 is 4.74 Å².